The van der Waals surface area contributed by atoms with Crippen LogP contribution in [0.2, 0.25) is 5.02 Å². The molecule has 0 aliphatic rings. The van der Waals surface area contributed by atoms with E-state index in [0.29, 0.717) is 35.3 Å². The first-order valence-corrected chi connectivity index (χ1v) is 6.80. The number of hydrogen-bond donors (Lipinski definition) is 1. The van der Waals surface area contributed by atoms with Gasteiger partial charge in [-0.3, -0.25) is 4.79 Å². The molecule has 0 saturated heterocycles. The predicted molar refractivity (Wildman–Crippen MR) is 75.9 cm³/mol. The van der Waals surface area contributed by atoms with E-state index in [9.17, 15) is 4.79 Å². The standard InChI is InChI=1S/C14H16ClN3O2/c1-9(2)14-18-17-12(20-14)7-8-16-13(19)10-3-5-11(15)6-4-10/h3-6,9H,7-8H2,1-2H3,(H,16,19). The third-order valence-corrected chi connectivity index (χ3v) is 2.96. The molecule has 0 bridgehead atoms. The maximum atomic E-state index is 11.8. The van der Waals surface area contributed by atoms with Crippen molar-refractivity contribution in [3.63, 3.8) is 0 Å². The van der Waals surface area contributed by atoms with Gasteiger partial charge in [0.05, 0.1) is 0 Å². The molecule has 1 aromatic heterocycles. The lowest BCUT2D eigenvalue weighted by Crippen LogP contribution is -2.25. The van der Waals surface area contributed by atoms with Gasteiger partial charge in [-0.05, 0) is 24.3 Å². The van der Waals surface area contributed by atoms with Gasteiger partial charge in [-0.1, -0.05) is 25.4 Å². The van der Waals surface area contributed by atoms with Crippen molar-refractivity contribution in [2.75, 3.05) is 6.54 Å². The third kappa shape index (κ3) is 3.81. The van der Waals surface area contributed by atoms with E-state index >= 15 is 0 Å². The molecule has 0 unspecified atom stereocenters. The number of benzene rings is 1. The Kier molecular flexibility index (Phi) is 4.74. The Morgan fingerprint density at radius 3 is 2.60 bits per heavy atom. The molecule has 0 fully saturated rings. The van der Waals surface area contributed by atoms with E-state index < -0.39 is 0 Å². The minimum atomic E-state index is -0.148. The first-order chi connectivity index (χ1) is 9.56. The molecule has 1 amide bonds. The van der Waals surface area contributed by atoms with Crippen LogP contribution in [0.4, 0.5) is 0 Å². The highest BCUT2D eigenvalue weighted by Crippen LogP contribution is 2.12. The van der Waals surface area contributed by atoms with Gasteiger partial charge in [-0.25, -0.2) is 0 Å². The Hall–Kier alpha value is -1.88. The van der Waals surface area contributed by atoms with Gasteiger partial charge in [-0.15, -0.1) is 10.2 Å². The zero-order chi connectivity index (χ0) is 14.5. The van der Waals surface area contributed by atoms with Crippen LogP contribution in [0.15, 0.2) is 28.7 Å². The molecule has 0 spiro atoms. The molecule has 0 radical (unpaired) electrons. The van der Waals surface area contributed by atoms with Gasteiger partial charge < -0.3 is 9.73 Å². The van der Waals surface area contributed by atoms with E-state index in [4.69, 9.17) is 16.0 Å². The Bertz CT molecular complexity index is 578. The van der Waals surface area contributed by atoms with Crippen molar-refractivity contribution in [3.05, 3.63) is 46.6 Å². The maximum absolute atomic E-state index is 11.8. The van der Waals surface area contributed by atoms with E-state index in [0.717, 1.165) is 0 Å². The number of aromatic nitrogens is 2. The largest absolute Gasteiger partial charge is 0.425 e. The highest BCUT2D eigenvalue weighted by atomic mass is 35.5. The average molecular weight is 294 g/mol. The summed E-state index contributed by atoms with van der Waals surface area (Å²) in [6.07, 6.45) is 0.513. The van der Waals surface area contributed by atoms with Crippen molar-refractivity contribution in [3.8, 4) is 0 Å². The summed E-state index contributed by atoms with van der Waals surface area (Å²) in [6, 6.07) is 6.73. The monoisotopic (exact) mass is 293 g/mol. The van der Waals surface area contributed by atoms with Crippen LogP contribution in [-0.4, -0.2) is 22.6 Å². The van der Waals surface area contributed by atoms with Crippen LogP contribution >= 0.6 is 11.6 Å². The summed E-state index contributed by atoms with van der Waals surface area (Å²) in [7, 11) is 0. The second-order valence-electron chi connectivity index (χ2n) is 4.70. The van der Waals surface area contributed by atoms with Crippen LogP contribution in [0, 0.1) is 0 Å². The number of hydrogen-bond acceptors (Lipinski definition) is 4. The van der Waals surface area contributed by atoms with Gasteiger partial charge in [0.2, 0.25) is 11.8 Å². The van der Waals surface area contributed by atoms with Crippen LogP contribution in [-0.2, 0) is 6.42 Å². The second-order valence-corrected chi connectivity index (χ2v) is 5.14. The fourth-order valence-corrected chi connectivity index (χ4v) is 1.71. The smallest absolute Gasteiger partial charge is 0.251 e. The Labute approximate surface area is 122 Å². The topological polar surface area (TPSA) is 68.0 Å². The minimum absolute atomic E-state index is 0.148. The van der Waals surface area contributed by atoms with E-state index in [2.05, 4.69) is 15.5 Å². The summed E-state index contributed by atoms with van der Waals surface area (Å²) < 4.78 is 5.46. The van der Waals surface area contributed by atoms with Gasteiger partial charge >= 0.3 is 0 Å². The number of nitrogens with zero attached hydrogens (tertiary/aromatic N) is 2. The van der Waals surface area contributed by atoms with Crippen molar-refractivity contribution < 1.29 is 9.21 Å². The van der Waals surface area contributed by atoms with Crippen LogP contribution in [0.5, 0.6) is 0 Å². The maximum Gasteiger partial charge on any atom is 0.251 e. The molecular formula is C14H16ClN3O2. The summed E-state index contributed by atoms with van der Waals surface area (Å²) in [5.41, 5.74) is 0.572. The molecule has 0 aliphatic heterocycles. The summed E-state index contributed by atoms with van der Waals surface area (Å²) in [5.74, 6) is 1.21. The van der Waals surface area contributed by atoms with E-state index in [1.807, 2.05) is 13.8 Å². The molecule has 2 rings (SSSR count). The number of halogens is 1. The molecule has 0 atom stereocenters. The highest BCUT2D eigenvalue weighted by Gasteiger charge is 2.10. The van der Waals surface area contributed by atoms with E-state index in [1.54, 1.807) is 24.3 Å². The number of amides is 1. The third-order valence-electron chi connectivity index (χ3n) is 2.71. The minimum Gasteiger partial charge on any atom is -0.425 e. The molecule has 1 heterocycles. The summed E-state index contributed by atoms with van der Waals surface area (Å²) >= 11 is 5.77. The van der Waals surface area contributed by atoms with Crippen LogP contribution in [0.1, 0.15) is 41.9 Å². The first-order valence-electron chi connectivity index (χ1n) is 6.42. The zero-order valence-corrected chi connectivity index (χ0v) is 12.1. The predicted octanol–water partition coefficient (Wildman–Crippen LogP) is 2.82. The highest BCUT2D eigenvalue weighted by molar-refractivity contribution is 6.30. The molecular weight excluding hydrogens is 278 g/mol. The summed E-state index contributed by atoms with van der Waals surface area (Å²) in [5, 5.41) is 11.3. The van der Waals surface area contributed by atoms with Gasteiger partial charge in [-0.2, -0.15) is 0 Å². The lowest BCUT2D eigenvalue weighted by Gasteiger charge is -2.03. The summed E-state index contributed by atoms with van der Waals surface area (Å²) in [6.45, 7) is 4.42. The van der Waals surface area contributed by atoms with E-state index in [1.165, 1.54) is 0 Å². The van der Waals surface area contributed by atoms with E-state index in [-0.39, 0.29) is 11.8 Å². The van der Waals surface area contributed by atoms with Gasteiger partial charge in [0.15, 0.2) is 0 Å². The Balaban J connectivity index is 1.83. The van der Waals surface area contributed by atoms with Crippen molar-refractivity contribution in [2.24, 2.45) is 0 Å². The van der Waals surface area contributed by atoms with Crippen LogP contribution in [0.25, 0.3) is 0 Å². The SMILES string of the molecule is CC(C)c1nnc(CCNC(=O)c2ccc(Cl)cc2)o1. The molecule has 1 aromatic carbocycles. The molecule has 0 saturated carbocycles. The molecule has 6 heteroatoms. The molecule has 5 nitrogen and oxygen atoms in total. The number of carbonyl (C=O) groups is 1. The number of nitrogens with one attached hydrogen (secondary N) is 1. The lowest BCUT2D eigenvalue weighted by atomic mass is 10.2. The quantitative estimate of drug-likeness (QED) is 0.920. The van der Waals surface area contributed by atoms with Crippen LogP contribution < -0.4 is 5.32 Å². The van der Waals surface area contributed by atoms with Crippen molar-refractivity contribution >= 4 is 17.5 Å². The molecule has 1 N–H and O–H groups in total. The zero-order valence-electron chi connectivity index (χ0n) is 11.4. The fourth-order valence-electron chi connectivity index (χ4n) is 1.59. The van der Waals surface area contributed by atoms with Gasteiger partial charge in [0, 0.05) is 29.5 Å². The fraction of sp³-hybridized carbons (Fsp3) is 0.357. The van der Waals surface area contributed by atoms with Crippen molar-refractivity contribution in [1.82, 2.24) is 15.5 Å². The van der Waals surface area contributed by atoms with Gasteiger partial charge in [0.1, 0.15) is 0 Å². The second kappa shape index (κ2) is 6.52. The Morgan fingerprint density at radius 1 is 1.30 bits per heavy atom. The van der Waals surface area contributed by atoms with Gasteiger partial charge in [0.25, 0.3) is 5.91 Å². The average Bonchev–Trinajstić information content (AvgIpc) is 2.88. The summed E-state index contributed by atoms with van der Waals surface area (Å²) in [4.78, 5) is 11.8. The lowest BCUT2D eigenvalue weighted by molar-refractivity contribution is 0.0953. The molecule has 106 valence electrons. The van der Waals surface area contributed by atoms with Crippen LogP contribution in [0.3, 0.4) is 0 Å². The molecule has 20 heavy (non-hydrogen) atoms. The first kappa shape index (κ1) is 14.5. The molecule has 0 aliphatic carbocycles. The Morgan fingerprint density at radius 2 is 2.00 bits per heavy atom. The van der Waals surface area contributed by atoms with Crippen molar-refractivity contribution in [2.45, 2.75) is 26.2 Å². The number of carbonyl (C=O) groups excluding carboxylic acids is 1. The normalized spacial score (nSPS) is 10.8. The number of rotatable bonds is 5. The van der Waals surface area contributed by atoms with Crippen molar-refractivity contribution in [1.29, 1.82) is 0 Å². The molecule has 2 aromatic rings.